The summed E-state index contributed by atoms with van der Waals surface area (Å²) in [5, 5.41) is 2.92. The highest BCUT2D eigenvalue weighted by molar-refractivity contribution is 8.13. The monoisotopic (exact) mass is 315 g/mol. The maximum Gasteiger partial charge on any atom is 0.261 e. The summed E-state index contributed by atoms with van der Waals surface area (Å²) in [6.45, 7) is 3.63. The lowest BCUT2D eigenvalue weighted by Crippen LogP contribution is -2.40. The third-order valence-corrected chi connectivity index (χ3v) is 5.39. The van der Waals surface area contributed by atoms with E-state index in [1.165, 1.54) is 12.5 Å². The Bertz CT molecular complexity index is 623. The average Bonchev–Trinajstić information content (AvgIpc) is 2.25. The molecule has 1 aliphatic carbocycles. The third-order valence-electron chi connectivity index (χ3n) is 3.93. The van der Waals surface area contributed by atoms with Crippen molar-refractivity contribution in [1.82, 2.24) is 5.32 Å². The summed E-state index contributed by atoms with van der Waals surface area (Å²) in [6, 6.07) is 4.65. The lowest BCUT2D eigenvalue weighted by atomic mass is 9.80. The zero-order valence-electron chi connectivity index (χ0n) is 11.5. The van der Waals surface area contributed by atoms with Crippen LogP contribution in [0.1, 0.15) is 42.1 Å². The van der Waals surface area contributed by atoms with Crippen LogP contribution in [0.4, 0.5) is 0 Å². The van der Waals surface area contributed by atoms with Crippen LogP contribution in [0.5, 0.6) is 0 Å². The van der Waals surface area contributed by atoms with Gasteiger partial charge in [0.05, 0.1) is 4.90 Å². The first-order valence-electron chi connectivity index (χ1n) is 6.65. The fourth-order valence-corrected chi connectivity index (χ4v) is 3.57. The Labute approximate surface area is 123 Å². The summed E-state index contributed by atoms with van der Waals surface area (Å²) in [4.78, 5) is 12.1. The molecule has 1 unspecified atom stereocenters. The average molecular weight is 316 g/mol. The van der Waals surface area contributed by atoms with Crippen molar-refractivity contribution < 1.29 is 13.2 Å². The number of benzene rings is 1. The largest absolute Gasteiger partial charge is 0.349 e. The topological polar surface area (TPSA) is 63.2 Å². The third kappa shape index (κ3) is 3.33. The second-order valence-corrected chi connectivity index (χ2v) is 7.91. The molecule has 0 radical (unpaired) electrons. The van der Waals surface area contributed by atoms with Gasteiger partial charge in [0.1, 0.15) is 0 Å². The lowest BCUT2D eigenvalue weighted by molar-refractivity contribution is 0.0909. The Balaban J connectivity index is 2.18. The van der Waals surface area contributed by atoms with Gasteiger partial charge in [0.15, 0.2) is 0 Å². The van der Waals surface area contributed by atoms with Crippen LogP contribution >= 0.6 is 10.7 Å². The highest BCUT2D eigenvalue weighted by Crippen LogP contribution is 2.29. The molecule has 1 saturated carbocycles. The van der Waals surface area contributed by atoms with Gasteiger partial charge in [-0.1, -0.05) is 12.5 Å². The minimum atomic E-state index is -3.84. The molecule has 2 rings (SSSR count). The second kappa shape index (κ2) is 5.74. The molecule has 20 heavy (non-hydrogen) atoms. The van der Waals surface area contributed by atoms with Crippen molar-refractivity contribution in [1.29, 1.82) is 0 Å². The SMILES string of the molecule is Cc1ccc(C(=O)NC(C)C2CCC2)cc1S(=O)(=O)Cl. The summed E-state index contributed by atoms with van der Waals surface area (Å²) >= 11 is 0. The van der Waals surface area contributed by atoms with Crippen LogP contribution in [0.25, 0.3) is 0 Å². The molecule has 1 fully saturated rings. The minimum Gasteiger partial charge on any atom is -0.349 e. The first kappa shape index (κ1) is 15.3. The predicted octanol–water partition coefficient (Wildman–Crippen LogP) is 2.84. The maximum absolute atomic E-state index is 12.1. The molecule has 0 aromatic heterocycles. The first-order valence-corrected chi connectivity index (χ1v) is 8.96. The van der Waals surface area contributed by atoms with Crippen LogP contribution in [0.15, 0.2) is 23.1 Å². The van der Waals surface area contributed by atoms with E-state index >= 15 is 0 Å². The molecular weight excluding hydrogens is 298 g/mol. The van der Waals surface area contributed by atoms with Crippen molar-refractivity contribution in [2.45, 2.75) is 44.0 Å². The summed E-state index contributed by atoms with van der Waals surface area (Å²) in [5.74, 6) is 0.270. The summed E-state index contributed by atoms with van der Waals surface area (Å²) in [5.41, 5.74) is 0.851. The molecule has 1 aliphatic rings. The Morgan fingerprint density at radius 2 is 2.05 bits per heavy atom. The normalized spacial score (nSPS) is 17.4. The van der Waals surface area contributed by atoms with Gasteiger partial charge in [0.25, 0.3) is 15.0 Å². The van der Waals surface area contributed by atoms with Crippen LogP contribution < -0.4 is 5.32 Å². The Hall–Kier alpha value is -1.07. The van der Waals surface area contributed by atoms with Crippen LogP contribution in [0, 0.1) is 12.8 Å². The van der Waals surface area contributed by atoms with Gasteiger partial charge in [0.2, 0.25) is 0 Å². The number of rotatable bonds is 4. The van der Waals surface area contributed by atoms with Crippen LogP contribution in [0.2, 0.25) is 0 Å². The van der Waals surface area contributed by atoms with Crippen molar-refractivity contribution >= 4 is 25.6 Å². The van der Waals surface area contributed by atoms with Gasteiger partial charge in [-0.3, -0.25) is 4.79 Å². The van der Waals surface area contributed by atoms with Crippen molar-refractivity contribution in [3.63, 3.8) is 0 Å². The Kier molecular flexibility index (Phi) is 4.39. The number of hydrogen-bond acceptors (Lipinski definition) is 3. The van der Waals surface area contributed by atoms with Gasteiger partial charge in [-0.05, 0) is 50.3 Å². The van der Waals surface area contributed by atoms with Crippen LogP contribution in [0.3, 0.4) is 0 Å². The second-order valence-electron chi connectivity index (χ2n) is 5.37. The van der Waals surface area contributed by atoms with Gasteiger partial charge in [-0.15, -0.1) is 0 Å². The van der Waals surface area contributed by atoms with E-state index in [0.29, 0.717) is 17.0 Å². The van der Waals surface area contributed by atoms with E-state index in [0.717, 1.165) is 12.8 Å². The zero-order chi connectivity index (χ0) is 14.9. The molecule has 1 aromatic rings. The van der Waals surface area contributed by atoms with E-state index in [4.69, 9.17) is 10.7 Å². The highest BCUT2D eigenvalue weighted by atomic mass is 35.7. The summed E-state index contributed by atoms with van der Waals surface area (Å²) in [6.07, 6.45) is 3.48. The maximum atomic E-state index is 12.1. The molecule has 0 saturated heterocycles. The van der Waals surface area contributed by atoms with Gasteiger partial charge in [0, 0.05) is 22.3 Å². The van der Waals surface area contributed by atoms with E-state index in [1.54, 1.807) is 19.1 Å². The summed E-state index contributed by atoms with van der Waals surface area (Å²) < 4.78 is 22.9. The highest BCUT2D eigenvalue weighted by Gasteiger charge is 2.25. The molecule has 1 atom stereocenters. The van der Waals surface area contributed by atoms with Crippen molar-refractivity contribution in [2.24, 2.45) is 5.92 Å². The molecule has 1 aromatic carbocycles. The number of carbonyl (C=O) groups is 1. The van der Waals surface area contributed by atoms with Gasteiger partial charge >= 0.3 is 0 Å². The van der Waals surface area contributed by atoms with Crippen molar-refractivity contribution in [3.05, 3.63) is 29.3 Å². The molecular formula is C14H18ClNO3S. The minimum absolute atomic E-state index is 0.0110. The van der Waals surface area contributed by atoms with Crippen LogP contribution in [-0.4, -0.2) is 20.4 Å². The van der Waals surface area contributed by atoms with Gasteiger partial charge in [-0.2, -0.15) is 0 Å². The number of nitrogens with one attached hydrogen (secondary N) is 1. The number of amides is 1. The number of halogens is 1. The van der Waals surface area contributed by atoms with Crippen molar-refractivity contribution in [3.8, 4) is 0 Å². The molecule has 1 N–H and O–H groups in total. The molecule has 0 spiro atoms. The first-order chi connectivity index (χ1) is 9.29. The van der Waals surface area contributed by atoms with E-state index in [1.807, 2.05) is 6.92 Å². The molecule has 0 bridgehead atoms. The predicted molar refractivity (Wildman–Crippen MR) is 78.5 cm³/mol. The molecule has 110 valence electrons. The summed E-state index contributed by atoms with van der Waals surface area (Å²) in [7, 11) is 1.53. The number of carbonyl (C=O) groups excluding carboxylic acids is 1. The standard InChI is InChI=1S/C14H18ClNO3S/c1-9-6-7-12(8-13(9)20(15,18)19)14(17)16-10(2)11-4-3-5-11/h6-8,10-11H,3-5H2,1-2H3,(H,16,17). The fraction of sp³-hybridized carbons (Fsp3) is 0.500. The zero-order valence-corrected chi connectivity index (χ0v) is 13.1. The molecule has 0 aliphatic heterocycles. The Morgan fingerprint density at radius 3 is 2.55 bits per heavy atom. The van der Waals surface area contributed by atoms with Crippen LogP contribution in [-0.2, 0) is 9.05 Å². The number of hydrogen-bond donors (Lipinski definition) is 1. The quantitative estimate of drug-likeness (QED) is 0.869. The molecule has 1 amide bonds. The molecule has 0 heterocycles. The van der Waals surface area contributed by atoms with Gasteiger partial charge in [-0.25, -0.2) is 8.42 Å². The van der Waals surface area contributed by atoms with E-state index in [-0.39, 0.29) is 16.8 Å². The molecule has 6 heteroatoms. The molecule has 4 nitrogen and oxygen atoms in total. The van der Waals surface area contributed by atoms with E-state index < -0.39 is 9.05 Å². The van der Waals surface area contributed by atoms with Gasteiger partial charge < -0.3 is 5.32 Å². The lowest BCUT2D eigenvalue weighted by Gasteiger charge is -2.31. The van der Waals surface area contributed by atoms with E-state index in [9.17, 15) is 13.2 Å². The van der Waals surface area contributed by atoms with Crippen molar-refractivity contribution in [2.75, 3.05) is 0 Å². The van der Waals surface area contributed by atoms with E-state index in [2.05, 4.69) is 5.32 Å². The Morgan fingerprint density at radius 1 is 1.40 bits per heavy atom. The fourth-order valence-electron chi connectivity index (χ4n) is 2.35. The number of aryl methyl sites for hydroxylation is 1. The smallest absolute Gasteiger partial charge is 0.261 e.